The summed E-state index contributed by atoms with van der Waals surface area (Å²) < 4.78 is 0. The first-order chi connectivity index (χ1) is 8.19. The quantitative estimate of drug-likeness (QED) is 0.710. The van der Waals surface area contributed by atoms with Crippen molar-refractivity contribution in [3.05, 3.63) is 33.8 Å². The molecule has 1 nitrogen and oxygen atoms in total. The van der Waals surface area contributed by atoms with Crippen molar-refractivity contribution in [2.45, 2.75) is 45.1 Å². The molecule has 1 unspecified atom stereocenters. The molecule has 0 fully saturated rings. The maximum absolute atomic E-state index is 6.18. The SMILES string of the molecule is CCCCCC(Cc1c(Cl)cccc1Cl)NC. The molecule has 0 heterocycles. The summed E-state index contributed by atoms with van der Waals surface area (Å²) in [7, 11) is 2.00. The van der Waals surface area contributed by atoms with Crippen LogP contribution in [0.5, 0.6) is 0 Å². The van der Waals surface area contributed by atoms with Crippen LogP contribution in [0.2, 0.25) is 10.0 Å². The minimum Gasteiger partial charge on any atom is -0.317 e. The second-order valence-corrected chi connectivity index (χ2v) is 5.20. The summed E-state index contributed by atoms with van der Waals surface area (Å²) >= 11 is 12.4. The Bertz CT molecular complexity index is 319. The van der Waals surface area contributed by atoms with Gasteiger partial charge in [-0.05, 0) is 37.6 Å². The zero-order valence-corrected chi connectivity index (χ0v) is 12.1. The number of likely N-dealkylation sites (N-methyl/N-ethyl adjacent to an activating group) is 1. The molecule has 0 aliphatic heterocycles. The van der Waals surface area contributed by atoms with E-state index in [0.717, 1.165) is 22.0 Å². The summed E-state index contributed by atoms with van der Waals surface area (Å²) in [6, 6.07) is 6.15. The van der Waals surface area contributed by atoms with Crippen LogP contribution in [0.4, 0.5) is 0 Å². The van der Waals surface area contributed by atoms with Gasteiger partial charge in [-0.2, -0.15) is 0 Å². The van der Waals surface area contributed by atoms with Gasteiger partial charge in [0.25, 0.3) is 0 Å². The Balaban J connectivity index is 2.60. The Kier molecular flexibility index (Phi) is 6.94. The molecule has 0 aliphatic rings. The molecule has 17 heavy (non-hydrogen) atoms. The maximum Gasteiger partial charge on any atom is 0.0453 e. The van der Waals surface area contributed by atoms with Gasteiger partial charge in [0.1, 0.15) is 0 Å². The highest BCUT2D eigenvalue weighted by atomic mass is 35.5. The molecule has 1 aromatic rings. The lowest BCUT2D eigenvalue weighted by Gasteiger charge is -2.17. The van der Waals surface area contributed by atoms with E-state index in [1.54, 1.807) is 0 Å². The highest BCUT2D eigenvalue weighted by molar-refractivity contribution is 6.35. The van der Waals surface area contributed by atoms with E-state index in [4.69, 9.17) is 23.2 Å². The smallest absolute Gasteiger partial charge is 0.0453 e. The third kappa shape index (κ3) is 4.87. The van der Waals surface area contributed by atoms with Crippen molar-refractivity contribution >= 4 is 23.2 Å². The van der Waals surface area contributed by atoms with Crippen molar-refractivity contribution in [3.63, 3.8) is 0 Å². The van der Waals surface area contributed by atoms with E-state index in [-0.39, 0.29) is 0 Å². The highest BCUT2D eigenvalue weighted by Gasteiger charge is 2.12. The molecule has 3 heteroatoms. The third-order valence-corrected chi connectivity index (χ3v) is 3.78. The van der Waals surface area contributed by atoms with Crippen LogP contribution in [0.25, 0.3) is 0 Å². The van der Waals surface area contributed by atoms with Gasteiger partial charge in [0.15, 0.2) is 0 Å². The summed E-state index contributed by atoms with van der Waals surface area (Å²) in [6.45, 7) is 2.22. The van der Waals surface area contributed by atoms with Gasteiger partial charge < -0.3 is 5.32 Å². The molecule has 0 amide bonds. The fraction of sp³-hybridized carbons (Fsp3) is 0.571. The average molecular weight is 274 g/mol. The van der Waals surface area contributed by atoms with E-state index in [1.807, 2.05) is 25.2 Å². The predicted molar refractivity (Wildman–Crippen MR) is 77.2 cm³/mol. The number of hydrogen-bond acceptors (Lipinski definition) is 1. The van der Waals surface area contributed by atoms with Crippen LogP contribution in [0.1, 0.15) is 38.2 Å². The van der Waals surface area contributed by atoms with Gasteiger partial charge >= 0.3 is 0 Å². The second kappa shape index (κ2) is 7.97. The minimum absolute atomic E-state index is 0.457. The van der Waals surface area contributed by atoms with Crippen molar-refractivity contribution in [1.82, 2.24) is 5.32 Å². The Morgan fingerprint density at radius 1 is 1.18 bits per heavy atom. The van der Waals surface area contributed by atoms with Crippen LogP contribution in [0.3, 0.4) is 0 Å². The van der Waals surface area contributed by atoms with Crippen LogP contribution in [0, 0.1) is 0 Å². The van der Waals surface area contributed by atoms with Gasteiger partial charge in [-0.25, -0.2) is 0 Å². The molecule has 0 saturated heterocycles. The molecule has 0 aromatic heterocycles. The van der Waals surface area contributed by atoms with E-state index in [1.165, 1.54) is 25.7 Å². The molecular formula is C14H21Cl2N. The molecule has 1 atom stereocenters. The van der Waals surface area contributed by atoms with Gasteiger partial charge in [-0.3, -0.25) is 0 Å². The summed E-state index contributed by atoms with van der Waals surface area (Å²) in [5.41, 5.74) is 1.06. The number of halogens is 2. The number of hydrogen-bond donors (Lipinski definition) is 1. The number of benzene rings is 1. The molecular weight excluding hydrogens is 253 g/mol. The summed E-state index contributed by atoms with van der Waals surface area (Å²) in [4.78, 5) is 0. The molecule has 1 N–H and O–H groups in total. The molecule has 1 aromatic carbocycles. The lowest BCUT2D eigenvalue weighted by Crippen LogP contribution is -2.27. The molecule has 96 valence electrons. The largest absolute Gasteiger partial charge is 0.317 e. The fourth-order valence-electron chi connectivity index (χ4n) is 1.96. The molecule has 1 rings (SSSR count). The molecule has 0 saturated carbocycles. The third-order valence-electron chi connectivity index (χ3n) is 3.08. The van der Waals surface area contributed by atoms with E-state index in [2.05, 4.69) is 12.2 Å². The van der Waals surface area contributed by atoms with Gasteiger partial charge in [-0.1, -0.05) is 55.5 Å². The van der Waals surface area contributed by atoms with Crippen molar-refractivity contribution in [1.29, 1.82) is 0 Å². The van der Waals surface area contributed by atoms with Crippen molar-refractivity contribution in [2.24, 2.45) is 0 Å². The Morgan fingerprint density at radius 3 is 2.35 bits per heavy atom. The first kappa shape index (κ1) is 14.8. The molecule has 0 spiro atoms. The summed E-state index contributed by atoms with van der Waals surface area (Å²) in [5.74, 6) is 0. The second-order valence-electron chi connectivity index (χ2n) is 4.39. The number of unbranched alkanes of at least 4 members (excludes halogenated alkanes) is 2. The normalized spacial score (nSPS) is 12.7. The van der Waals surface area contributed by atoms with E-state index in [9.17, 15) is 0 Å². The standard InChI is InChI=1S/C14H21Cl2N/c1-3-4-5-7-11(17-2)10-12-13(15)8-6-9-14(12)16/h6,8-9,11,17H,3-5,7,10H2,1-2H3. The molecule has 0 bridgehead atoms. The van der Waals surface area contributed by atoms with Gasteiger partial charge in [-0.15, -0.1) is 0 Å². The topological polar surface area (TPSA) is 12.0 Å². The zero-order valence-electron chi connectivity index (χ0n) is 10.6. The van der Waals surface area contributed by atoms with Crippen LogP contribution in [-0.2, 0) is 6.42 Å². The fourth-order valence-corrected chi connectivity index (χ4v) is 2.51. The van der Waals surface area contributed by atoms with E-state index in [0.29, 0.717) is 6.04 Å². The molecule has 0 aliphatic carbocycles. The monoisotopic (exact) mass is 273 g/mol. The van der Waals surface area contributed by atoms with E-state index >= 15 is 0 Å². The number of nitrogens with one attached hydrogen (secondary N) is 1. The molecule has 0 radical (unpaired) electrons. The Hall–Kier alpha value is -0.240. The van der Waals surface area contributed by atoms with Gasteiger partial charge in [0.05, 0.1) is 0 Å². The van der Waals surface area contributed by atoms with Crippen molar-refractivity contribution < 1.29 is 0 Å². The summed E-state index contributed by atoms with van der Waals surface area (Å²) in [6.07, 6.45) is 5.87. The maximum atomic E-state index is 6.18. The lowest BCUT2D eigenvalue weighted by atomic mass is 10.0. The zero-order chi connectivity index (χ0) is 12.7. The average Bonchev–Trinajstić information content (AvgIpc) is 2.32. The Morgan fingerprint density at radius 2 is 1.82 bits per heavy atom. The predicted octanol–water partition coefficient (Wildman–Crippen LogP) is 4.70. The van der Waals surface area contributed by atoms with Crippen LogP contribution in [-0.4, -0.2) is 13.1 Å². The van der Waals surface area contributed by atoms with Crippen LogP contribution < -0.4 is 5.32 Å². The van der Waals surface area contributed by atoms with Crippen molar-refractivity contribution in [3.8, 4) is 0 Å². The minimum atomic E-state index is 0.457. The highest BCUT2D eigenvalue weighted by Crippen LogP contribution is 2.26. The van der Waals surface area contributed by atoms with Crippen LogP contribution in [0.15, 0.2) is 18.2 Å². The van der Waals surface area contributed by atoms with Gasteiger partial charge in [0, 0.05) is 16.1 Å². The Labute approximate surface area is 115 Å². The summed E-state index contributed by atoms with van der Waals surface area (Å²) in [5, 5.41) is 4.89. The van der Waals surface area contributed by atoms with Gasteiger partial charge in [0.2, 0.25) is 0 Å². The number of rotatable bonds is 7. The van der Waals surface area contributed by atoms with E-state index < -0.39 is 0 Å². The van der Waals surface area contributed by atoms with Crippen LogP contribution >= 0.6 is 23.2 Å². The first-order valence-electron chi connectivity index (χ1n) is 6.29. The van der Waals surface area contributed by atoms with Crippen molar-refractivity contribution in [2.75, 3.05) is 7.05 Å². The first-order valence-corrected chi connectivity index (χ1v) is 7.04. The lowest BCUT2D eigenvalue weighted by molar-refractivity contribution is 0.490.